The smallest absolute Gasteiger partial charge is 0.341 e. The minimum atomic E-state index is -0.547. The van der Waals surface area contributed by atoms with Crippen molar-refractivity contribution in [3.8, 4) is 17.2 Å². The highest BCUT2D eigenvalue weighted by Crippen LogP contribution is 2.36. The van der Waals surface area contributed by atoms with Gasteiger partial charge in [0.05, 0.1) is 23.9 Å². The lowest BCUT2D eigenvalue weighted by atomic mass is 9.96. The van der Waals surface area contributed by atoms with Crippen LogP contribution in [0.1, 0.15) is 15.9 Å². The Hall–Kier alpha value is -2.52. The van der Waals surface area contributed by atoms with Crippen LogP contribution in [0, 0.1) is 11.3 Å². The van der Waals surface area contributed by atoms with Gasteiger partial charge in [-0.1, -0.05) is 0 Å². The third kappa shape index (κ3) is 2.69. The summed E-state index contributed by atoms with van der Waals surface area (Å²) in [5, 5.41) is 9.40. The van der Waals surface area contributed by atoms with E-state index in [1.807, 2.05) is 6.26 Å². The quantitative estimate of drug-likeness (QED) is 0.532. The molecule has 21 heavy (non-hydrogen) atoms. The van der Waals surface area contributed by atoms with E-state index in [4.69, 9.17) is 10.5 Å². The number of methoxy groups -OCH3 is 1. The molecule has 106 valence electrons. The summed E-state index contributed by atoms with van der Waals surface area (Å²) < 4.78 is 4.75. The molecule has 2 N–H and O–H groups in total. The lowest BCUT2D eigenvalue weighted by Crippen LogP contribution is -2.10. The Morgan fingerprint density at radius 3 is 2.62 bits per heavy atom. The highest BCUT2D eigenvalue weighted by Gasteiger charge is 2.22. The van der Waals surface area contributed by atoms with Crippen molar-refractivity contribution < 1.29 is 9.53 Å². The van der Waals surface area contributed by atoms with E-state index in [1.54, 1.807) is 30.6 Å². The summed E-state index contributed by atoms with van der Waals surface area (Å²) >= 11 is 1.38. The van der Waals surface area contributed by atoms with Crippen molar-refractivity contribution in [3.63, 3.8) is 0 Å². The minimum Gasteiger partial charge on any atom is -0.465 e. The molecule has 0 saturated heterocycles. The van der Waals surface area contributed by atoms with Crippen LogP contribution < -0.4 is 5.73 Å². The molecule has 2 rings (SSSR count). The molecular formula is C15H13N3O2S. The number of carbonyl (C=O) groups is 1. The third-order valence-corrected chi connectivity index (χ3v) is 3.80. The highest BCUT2D eigenvalue weighted by atomic mass is 32.2. The van der Waals surface area contributed by atoms with E-state index in [-0.39, 0.29) is 16.8 Å². The first-order valence-corrected chi connectivity index (χ1v) is 7.25. The van der Waals surface area contributed by atoms with Crippen LogP contribution in [-0.2, 0) is 4.74 Å². The highest BCUT2D eigenvalue weighted by molar-refractivity contribution is 7.98. The number of aromatic nitrogens is 1. The number of esters is 1. The number of carbonyl (C=O) groups excluding carboxylic acids is 1. The van der Waals surface area contributed by atoms with Gasteiger partial charge >= 0.3 is 5.97 Å². The fourth-order valence-electron chi connectivity index (χ4n) is 2.03. The molecule has 0 aliphatic carbocycles. The Balaban J connectivity index is 2.78. The number of nitrogen functional groups attached to an aromatic ring is 1. The predicted octanol–water partition coefficient (Wildman–Crippen LogP) is 2.71. The maximum Gasteiger partial charge on any atom is 0.341 e. The van der Waals surface area contributed by atoms with Gasteiger partial charge in [-0.2, -0.15) is 5.26 Å². The van der Waals surface area contributed by atoms with E-state index in [9.17, 15) is 10.1 Å². The number of anilines is 1. The molecule has 0 fully saturated rings. The van der Waals surface area contributed by atoms with Crippen LogP contribution in [0.25, 0.3) is 11.1 Å². The SMILES string of the molecule is COC(=O)c1c(SC)cc(-c2ccncc2)c(C#N)c1N. The molecule has 0 unspecified atom stereocenters. The van der Waals surface area contributed by atoms with Crippen LogP contribution in [0.15, 0.2) is 35.5 Å². The molecule has 0 aliphatic heterocycles. The van der Waals surface area contributed by atoms with E-state index >= 15 is 0 Å². The summed E-state index contributed by atoms with van der Waals surface area (Å²) in [7, 11) is 1.29. The number of hydrogen-bond acceptors (Lipinski definition) is 6. The van der Waals surface area contributed by atoms with E-state index in [2.05, 4.69) is 11.1 Å². The lowest BCUT2D eigenvalue weighted by molar-refractivity contribution is 0.0598. The van der Waals surface area contributed by atoms with Gasteiger partial charge in [-0.15, -0.1) is 11.8 Å². The number of nitriles is 1. The van der Waals surface area contributed by atoms with Crippen LogP contribution in [0.3, 0.4) is 0 Å². The summed E-state index contributed by atoms with van der Waals surface area (Å²) in [5.74, 6) is -0.547. The molecule has 5 nitrogen and oxygen atoms in total. The topological polar surface area (TPSA) is 89.0 Å². The molecular weight excluding hydrogens is 286 g/mol. The maximum atomic E-state index is 11.9. The number of ether oxygens (including phenoxy) is 1. The fourth-order valence-corrected chi connectivity index (χ4v) is 2.66. The van der Waals surface area contributed by atoms with Gasteiger partial charge in [0.25, 0.3) is 0 Å². The zero-order valence-corrected chi connectivity index (χ0v) is 12.4. The monoisotopic (exact) mass is 299 g/mol. The Labute approximate surface area is 126 Å². The van der Waals surface area contributed by atoms with Crippen molar-refractivity contribution in [2.75, 3.05) is 19.1 Å². The molecule has 0 radical (unpaired) electrons. The van der Waals surface area contributed by atoms with Crippen molar-refractivity contribution in [1.29, 1.82) is 5.26 Å². The largest absolute Gasteiger partial charge is 0.465 e. The van der Waals surface area contributed by atoms with Crippen LogP contribution in [-0.4, -0.2) is 24.3 Å². The molecule has 0 amide bonds. The van der Waals surface area contributed by atoms with Crippen molar-refractivity contribution in [3.05, 3.63) is 41.7 Å². The standard InChI is InChI=1S/C15H13N3O2S/c1-20-15(19)13-12(21-2)7-10(11(8-16)14(13)17)9-3-5-18-6-4-9/h3-7H,17H2,1-2H3. The van der Waals surface area contributed by atoms with Gasteiger partial charge in [-0.05, 0) is 30.0 Å². The number of pyridine rings is 1. The maximum absolute atomic E-state index is 11.9. The number of hydrogen-bond donors (Lipinski definition) is 1. The molecule has 1 heterocycles. The average Bonchev–Trinajstić information content (AvgIpc) is 2.53. The number of nitrogens with zero attached hydrogens (tertiary/aromatic N) is 2. The zero-order valence-electron chi connectivity index (χ0n) is 11.6. The normalized spacial score (nSPS) is 9.95. The van der Waals surface area contributed by atoms with Crippen molar-refractivity contribution in [1.82, 2.24) is 4.98 Å². The van der Waals surface area contributed by atoms with Crippen molar-refractivity contribution in [2.45, 2.75) is 4.90 Å². The molecule has 0 aliphatic rings. The number of nitrogens with two attached hydrogens (primary N) is 1. The summed E-state index contributed by atoms with van der Waals surface area (Å²) in [6.07, 6.45) is 5.11. The van der Waals surface area contributed by atoms with Gasteiger partial charge in [-0.3, -0.25) is 4.98 Å². The summed E-state index contributed by atoms with van der Waals surface area (Å²) in [6, 6.07) is 7.43. The number of rotatable bonds is 3. The van der Waals surface area contributed by atoms with E-state index < -0.39 is 5.97 Å². The Bertz CT molecular complexity index is 724. The summed E-state index contributed by atoms with van der Waals surface area (Å²) in [5.41, 5.74) is 8.17. The van der Waals surface area contributed by atoms with Gasteiger partial charge in [0.15, 0.2) is 0 Å². The van der Waals surface area contributed by atoms with Crippen molar-refractivity contribution in [2.24, 2.45) is 0 Å². The Kier molecular flexibility index (Phi) is 4.45. The van der Waals surface area contributed by atoms with E-state index in [1.165, 1.54) is 18.9 Å². The van der Waals surface area contributed by atoms with Gasteiger partial charge in [-0.25, -0.2) is 4.79 Å². The minimum absolute atomic E-state index is 0.142. The summed E-state index contributed by atoms with van der Waals surface area (Å²) in [4.78, 5) is 16.5. The molecule has 1 aromatic heterocycles. The molecule has 0 bridgehead atoms. The first-order chi connectivity index (χ1) is 10.1. The molecule has 2 aromatic rings. The molecule has 0 spiro atoms. The van der Waals surface area contributed by atoms with Gasteiger partial charge in [0.2, 0.25) is 0 Å². The van der Waals surface area contributed by atoms with Crippen LogP contribution >= 0.6 is 11.8 Å². The fraction of sp³-hybridized carbons (Fsp3) is 0.133. The molecule has 0 atom stereocenters. The molecule has 1 aromatic carbocycles. The van der Waals surface area contributed by atoms with Gasteiger partial charge in [0.1, 0.15) is 6.07 Å². The Morgan fingerprint density at radius 1 is 1.43 bits per heavy atom. The van der Waals surface area contributed by atoms with Crippen LogP contribution in [0.4, 0.5) is 5.69 Å². The second-order valence-electron chi connectivity index (χ2n) is 4.13. The average molecular weight is 299 g/mol. The molecule has 0 saturated carbocycles. The van der Waals surface area contributed by atoms with E-state index in [0.717, 1.165) is 5.56 Å². The zero-order chi connectivity index (χ0) is 15.4. The number of benzene rings is 1. The molecule has 6 heteroatoms. The first kappa shape index (κ1) is 14.9. The first-order valence-electron chi connectivity index (χ1n) is 6.03. The lowest BCUT2D eigenvalue weighted by Gasteiger charge is -2.14. The number of thioether (sulfide) groups is 1. The van der Waals surface area contributed by atoms with E-state index in [0.29, 0.717) is 10.5 Å². The van der Waals surface area contributed by atoms with Crippen molar-refractivity contribution >= 4 is 23.4 Å². The third-order valence-electron chi connectivity index (χ3n) is 3.04. The van der Waals surface area contributed by atoms with Gasteiger partial charge in [0, 0.05) is 22.9 Å². The summed E-state index contributed by atoms with van der Waals surface area (Å²) in [6.45, 7) is 0. The van der Waals surface area contributed by atoms with Gasteiger partial charge < -0.3 is 10.5 Å². The Morgan fingerprint density at radius 2 is 2.10 bits per heavy atom. The van der Waals surface area contributed by atoms with Crippen LogP contribution in [0.2, 0.25) is 0 Å². The van der Waals surface area contributed by atoms with Crippen LogP contribution in [0.5, 0.6) is 0 Å². The second kappa shape index (κ2) is 6.29. The predicted molar refractivity (Wildman–Crippen MR) is 81.9 cm³/mol. The second-order valence-corrected chi connectivity index (χ2v) is 4.98.